The number of para-hydroxylation sites is 1. The molecule has 15 heavy (non-hydrogen) atoms. The maximum atomic E-state index is 5.63. The summed E-state index contributed by atoms with van der Waals surface area (Å²) < 4.78 is 5.63. The summed E-state index contributed by atoms with van der Waals surface area (Å²) in [5, 5.41) is 0. The molecule has 2 rings (SSSR count). The first-order valence-corrected chi connectivity index (χ1v) is 5.31. The predicted molar refractivity (Wildman–Crippen MR) is 61.9 cm³/mol. The summed E-state index contributed by atoms with van der Waals surface area (Å²) in [5.74, 6) is 0.742. The van der Waals surface area contributed by atoms with Crippen LogP contribution in [0.15, 0.2) is 22.6 Å². The Hall–Kier alpha value is -1.31. The molecule has 1 aromatic carbocycles. The van der Waals surface area contributed by atoms with Crippen LogP contribution in [0.5, 0.6) is 0 Å². The molecule has 2 aromatic rings. The number of oxazole rings is 1. The lowest BCUT2D eigenvalue weighted by molar-refractivity contribution is 0.409. The fourth-order valence-corrected chi connectivity index (χ4v) is 1.83. The molecule has 2 heteroatoms. The van der Waals surface area contributed by atoms with E-state index in [1.165, 1.54) is 5.56 Å². The summed E-state index contributed by atoms with van der Waals surface area (Å²) in [6.07, 6.45) is 1.01. The number of rotatable bonds is 1. The zero-order valence-electron chi connectivity index (χ0n) is 9.79. The molecule has 1 heterocycles. The quantitative estimate of drug-likeness (QED) is 0.706. The van der Waals surface area contributed by atoms with E-state index in [4.69, 9.17) is 4.42 Å². The van der Waals surface area contributed by atoms with E-state index in [2.05, 4.69) is 31.8 Å². The zero-order valence-corrected chi connectivity index (χ0v) is 9.79. The largest absolute Gasteiger partial charge is 0.441 e. The van der Waals surface area contributed by atoms with Gasteiger partial charge in [0.15, 0.2) is 11.5 Å². The van der Waals surface area contributed by atoms with Crippen molar-refractivity contribution in [3.8, 4) is 0 Å². The third kappa shape index (κ3) is 2.20. The van der Waals surface area contributed by atoms with E-state index in [0.717, 1.165) is 23.4 Å². The molecule has 2 nitrogen and oxygen atoms in total. The van der Waals surface area contributed by atoms with Gasteiger partial charge in [-0.3, -0.25) is 0 Å². The molecule has 0 N–H and O–H groups in total. The van der Waals surface area contributed by atoms with Crippen molar-refractivity contribution in [2.45, 2.75) is 34.1 Å². The smallest absolute Gasteiger partial charge is 0.192 e. The predicted octanol–water partition coefficient (Wildman–Crippen LogP) is 3.72. The standard InChI is InChI=1S/C13H17NO/c1-9-14-11-7-5-6-10(12(11)15-9)8-13(2,3)4/h5-7H,8H2,1-4H3. The fraction of sp³-hybridized carbons (Fsp3) is 0.462. The SMILES string of the molecule is Cc1nc2cccc(CC(C)(C)C)c2o1. The lowest BCUT2D eigenvalue weighted by Crippen LogP contribution is -2.09. The third-order valence-electron chi connectivity index (χ3n) is 2.32. The number of aromatic nitrogens is 1. The molecular formula is C13H17NO. The number of aryl methyl sites for hydroxylation is 1. The third-order valence-corrected chi connectivity index (χ3v) is 2.32. The van der Waals surface area contributed by atoms with E-state index in [0.29, 0.717) is 0 Å². The van der Waals surface area contributed by atoms with Gasteiger partial charge >= 0.3 is 0 Å². The first-order valence-electron chi connectivity index (χ1n) is 5.31. The Balaban J connectivity index is 2.51. The van der Waals surface area contributed by atoms with Gasteiger partial charge < -0.3 is 4.42 Å². The van der Waals surface area contributed by atoms with Gasteiger partial charge in [0.1, 0.15) is 5.52 Å². The zero-order chi connectivity index (χ0) is 11.1. The Kier molecular flexibility index (Phi) is 2.29. The Labute approximate surface area is 90.3 Å². The first kappa shape index (κ1) is 10.2. The van der Waals surface area contributed by atoms with Crippen LogP contribution in [0.4, 0.5) is 0 Å². The second-order valence-corrected chi connectivity index (χ2v) is 5.24. The van der Waals surface area contributed by atoms with Crippen LogP contribution in [-0.2, 0) is 6.42 Å². The average molecular weight is 203 g/mol. The highest BCUT2D eigenvalue weighted by Gasteiger charge is 2.15. The first-order chi connectivity index (χ1) is 6.96. The lowest BCUT2D eigenvalue weighted by Gasteiger charge is -2.17. The van der Waals surface area contributed by atoms with Gasteiger partial charge in [-0.2, -0.15) is 0 Å². The van der Waals surface area contributed by atoms with E-state index in [-0.39, 0.29) is 5.41 Å². The second-order valence-electron chi connectivity index (χ2n) is 5.24. The molecule has 0 unspecified atom stereocenters. The molecule has 0 fully saturated rings. The second kappa shape index (κ2) is 3.37. The minimum absolute atomic E-state index is 0.273. The average Bonchev–Trinajstić information content (AvgIpc) is 2.43. The van der Waals surface area contributed by atoms with Crippen molar-refractivity contribution in [3.63, 3.8) is 0 Å². The number of hydrogen-bond acceptors (Lipinski definition) is 2. The highest BCUT2D eigenvalue weighted by molar-refractivity contribution is 5.76. The summed E-state index contributed by atoms with van der Waals surface area (Å²) >= 11 is 0. The molecule has 0 atom stereocenters. The van der Waals surface area contributed by atoms with Crippen LogP contribution in [0.1, 0.15) is 32.2 Å². The van der Waals surface area contributed by atoms with Gasteiger partial charge in [0.2, 0.25) is 0 Å². The summed E-state index contributed by atoms with van der Waals surface area (Å²) in [5.41, 5.74) is 3.44. The molecule has 0 bridgehead atoms. The van der Waals surface area contributed by atoms with Crippen molar-refractivity contribution in [3.05, 3.63) is 29.7 Å². The number of nitrogens with zero attached hydrogens (tertiary/aromatic N) is 1. The van der Waals surface area contributed by atoms with Crippen LogP contribution >= 0.6 is 0 Å². The fourth-order valence-electron chi connectivity index (χ4n) is 1.83. The van der Waals surface area contributed by atoms with Crippen LogP contribution < -0.4 is 0 Å². The van der Waals surface area contributed by atoms with Crippen LogP contribution in [0, 0.1) is 12.3 Å². The van der Waals surface area contributed by atoms with Gasteiger partial charge in [-0.15, -0.1) is 0 Å². The maximum absolute atomic E-state index is 5.63. The van der Waals surface area contributed by atoms with Gasteiger partial charge in [0, 0.05) is 6.92 Å². The van der Waals surface area contributed by atoms with Crippen molar-refractivity contribution in [2.75, 3.05) is 0 Å². The van der Waals surface area contributed by atoms with Gasteiger partial charge in [-0.25, -0.2) is 4.98 Å². The van der Waals surface area contributed by atoms with E-state index in [9.17, 15) is 0 Å². The molecule has 0 spiro atoms. The molecule has 0 aliphatic rings. The van der Waals surface area contributed by atoms with Crippen molar-refractivity contribution >= 4 is 11.1 Å². The molecule has 80 valence electrons. The van der Waals surface area contributed by atoms with Crippen molar-refractivity contribution in [1.29, 1.82) is 0 Å². The highest BCUT2D eigenvalue weighted by atomic mass is 16.3. The van der Waals surface area contributed by atoms with Gasteiger partial charge in [-0.1, -0.05) is 32.9 Å². The Morgan fingerprint density at radius 3 is 2.67 bits per heavy atom. The van der Waals surface area contributed by atoms with E-state index < -0.39 is 0 Å². The lowest BCUT2D eigenvalue weighted by atomic mass is 9.88. The minimum Gasteiger partial charge on any atom is -0.441 e. The Morgan fingerprint density at radius 1 is 1.27 bits per heavy atom. The topological polar surface area (TPSA) is 26.0 Å². The molecule has 0 aliphatic heterocycles. The maximum Gasteiger partial charge on any atom is 0.192 e. The monoisotopic (exact) mass is 203 g/mol. The van der Waals surface area contributed by atoms with E-state index in [1.54, 1.807) is 0 Å². The molecule has 0 radical (unpaired) electrons. The number of benzene rings is 1. The van der Waals surface area contributed by atoms with Crippen LogP contribution in [0.25, 0.3) is 11.1 Å². The summed E-state index contributed by atoms with van der Waals surface area (Å²) in [6.45, 7) is 8.58. The number of hydrogen-bond donors (Lipinski definition) is 0. The molecular weight excluding hydrogens is 186 g/mol. The molecule has 0 amide bonds. The van der Waals surface area contributed by atoms with Crippen molar-refractivity contribution < 1.29 is 4.42 Å². The van der Waals surface area contributed by atoms with Crippen molar-refractivity contribution in [2.24, 2.45) is 5.41 Å². The van der Waals surface area contributed by atoms with E-state index >= 15 is 0 Å². The Morgan fingerprint density at radius 2 is 2.00 bits per heavy atom. The molecule has 1 aromatic heterocycles. The number of fused-ring (bicyclic) bond motifs is 1. The van der Waals surface area contributed by atoms with Crippen LogP contribution in [-0.4, -0.2) is 4.98 Å². The normalized spacial score (nSPS) is 12.3. The van der Waals surface area contributed by atoms with Crippen molar-refractivity contribution in [1.82, 2.24) is 4.98 Å². The highest BCUT2D eigenvalue weighted by Crippen LogP contribution is 2.26. The summed E-state index contributed by atoms with van der Waals surface area (Å²) in [6, 6.07) is 6.17. The van der Waals surface area contributed by atoms with Crippen LogP contribution in [0.3, 0.4) is 0 Å². The van der Waals surface area contributed by atoms with E-state index in [1.807, 2.05) is 19.1 Å². The van der Waals surface area contributed by atoms with Gasteiger partial charge in [0.25, 0.3) is 0 Å². The van der Waals surface area contributed by atoms with Crippen LogP contribution in [0.2, 0.25) is 0 Å². The van der Waals surface area contributed by atoms with Gasteiger partial charge in [-0.05, 0) is 23.5 Å². The minimum atomic E-state index is 0.273. The summed E-state index contributed by atoms with van der Waals surface area (Å²) in [7, 11) is 0. The van der Waals surface area contributed by atoms with Gasteiger partial charge in [0.05, 0.1) is 0 Å². The summed E-state index contributed by atoms with van der Waals surface area (Å²) in [4.78, 5) is 4.34. The molecule has 0 saturated carbocycles. The Bertz CT molecular complexity index is 477. The molecule has 0 saturated heterocycles. The molecule has 0 aliphatic carbocycles.